The van der Waals surface area contributed by atoms with Crippen LogP contribution in [0.4, 0.5) is 0 Å². The molecule has 1 unspecified atom stereocenters. The summed E-state index contributed by atoms with van der Waals surface area (Å²) in [6.45, 7) is 5.00. The molecule has 0 spiro atoms. The van der Waals surface area contributed by atoms with Crippen LogP contribution in [0.3, 0.4) is 0 Å². The van der Waals surface area contributed by atoms with Gasteiger partial charge in [0.05, 0.1) is 24.5 Å². The van der Waals surface area contributed by atoms with Gasteiger partial charge in [-0.2, -0.15) is 5.10 Å². The molecule has 0 saturated heterocycles. The van der Waals surface area contributed by atoms with Crippen molar-refractivity contribution < 1.29 is 4.74 Å². The quantitative estimate of drug-likeness (QED) is 0.867. The molecule has 1 N–H and O–H groups in total. The number of methoxy groups -OCH3 is 1. The third-order valence-corrected chi connectivity index (χ3v) is 3.09. The molecule has 0 amide bonds. The second-order valence-corrected chi connectivity index (χ2v) is 4.67. The molecule has 2 aromatic rings. The highest BCUT2D eigenvalue weighted by Crippen LogP contribution is 2.26. The molecule has 0 fully saturated rings. The van der Waals surface area contributed by atoms with Crippen LogP contribution in [0.25, 0.3) is 0 Å². The summed E-state index contributed by atoms with van der Waals surface area (Å²) in [5.41, 5.74) is 2.81. The van der Waals surface area contributed by atoms with E-state index in [-0.39, 0.29) is 6.04 Å². The highest BCUT2D eigenvalue weighted by atomic mass is 16.5. The molecule has 0 aromatic carbocycles. The summed E-state index contributed by atoms with van der Waals surface area (Å²) in [6.07, 6.45) is 4.35. The van der Waals surface area contributed by atoms with Crippen molar-refractivity contribution in [1.82, 2.24) is 25.1 Å². The maximum absolute atomic E-state index is 5.33. The van der Waals surface area contributed by atoms with E-state index in [4.69, 9.17) is 4.74 Å². The first-order valence-corrected chi connectivity index (χ1v) is 6.76. The fourth-order valence-corrected chi connectivity index (χ4v) is 2.22. The van der Waals surface area contributed by atoms with Gasteiger partial charge < -0.3 is 10.1 Å². The molecule has 0 saturated carbocycles. The van der Waals surface area contributed by atoms with E-state index in [0.717, 1.165) is 30.0 Å². The van der Waals surface area contributed by atoms with Crippen molar-refractivity contribution in [1.29, 1.82) is 0 Å². The largest absolute Gasteiger partial charge is 0.480 e. The van der Waals surface area contributed by atoms with Gasteiger partial charge >= 0.3 is 0 Å². The standard InChI is InChI=1S/C14H21N5O/c1-5-6-15-12(11-9-10(2)18-19(11)3)13-14(20-4)17-8-7-16-13/h7-9,12,15H,5-6H2,1-4H3. The van der Waals surface area contributed by atoms with Crippen LogP contribution in [0.5, 0.6) is 5.88 Å². The number of rotatable bonds is 6. The molecule has 0 aliphatic carbocycles. The highest BCUT2D eigenvalue weighted by Gasteiger charge is 2.23. The van der Waals surface area contributed by atoms with Gasteiger partial charge in [-0.1, -0.05) is 6.92 Å². The Hall–Kier alpha value is -1.95. The van der Waals surface area contributed by atoms with Crippen molar-refractivity contribution in [2.75, 3.05) is 13.7 Å². The van der Waals surface area contributed by atoms with Gasteiger partial charge in [-0.15, -0.1) is 0 Å². The molecule has 20 heavy (non-hydrogen) atoms. The van der Waals surface area contributed by atoms with Gasteiger partial charge in [-0.3, -0.25) is 9.67 Å². The molecule has 6 heteroatoms. The van der Waals surface area contributed by atoms with Crippen molar-refractivity contribution in [3.63, 3.8) is 0 Å². The number of aromatic nitrogens is 4. The van der Waals surface area contributed by atoms with E-state index in [2.05, 4.69) is 33.4 Å². The van der Waals surface area contributed by atoms with Crippen molar-refractivity contribution in [2.24, 2.45) is 7.05 Å². The number of nitrogens with one attached hydrogen (secondary N) is 1. The van der Waals surface area contributed by atoms with Crippen molar-refractivity contribution >= 4 is 0 Å². The van der Waals surface area contributed by atoms with Crippen molar-refractivity contribution in [3.05, 3.63) is 35.5 Å². The summed E-state index contributed by atoms with van der Waals surface area (Å²) in [4.78, 5) is 8.67. The minimum Gasteiger partial charge on any atom is -0.480 e. The summed E-state index contributed by atoms with van der Waals surface area (Å²) >= 11 is 0. The molecule has 2 rings (SSSR count). The molecule has 2 heterocycles. The Kier molecular flexibility index (Phi) is 4.68. The predicted molar refractivity (Wildman–Crippen MR) is 76.7 cm³/mol. The summed E-state index contributed by atoms with van der Waals surface area (Å²) in [5.74, 6) is 0.542. The maximum atomic E-state index is 5.33. The first kappa shape index (κ1) is 14.5. The van der Waals surface area contributed by atoms with E-state index < -0.39 is 0 Å². The zero-order valence-electron chi connectivity index (χ0n) is 12.4. The van der Waals surface area contributed by atoms with Crippen LogP contribution in [0.15, 0.2) is 18.5 Å². The first-order chi connectivity index (χ1) is 9.67. The smallest absolute Gasteiger partial charge is 0.237 e. The van der Waals surface area contributed by atoms with Gasteiger partial charge in [0, 0.05) is 19.4 Å². The van der Waals surface area contributed by atoms with Gasteiger partial charge in [-0.05, 0) is 26.0 Å². The van der Waals surface area contributed by atoms with E-state index in [1.165, 1.54) is 0 Å². The maximum Gasteiger partial charge on any atom is 0.237 e. The SMILES string of the molecule is CCCNC(c1nccnc1OC)c1cc(C)nn1C. The fourth-order valence-electron chi connectivity index (χ4n) is 2.22. The second-order valence-electron chi connectivity index (χ2n) is 4.67. The summed E-state index contributed by atoms with van der Waals surface area (Å²) in [7, 11) is 3.55. The molecule has 0 bridgehead atoms. The lowest BCUT2D eigenvalue weighted by Crippen LogP contribution is -2.26. The minimum atomic E-state index is -0.0789. The molecule has 1 atom stereocenters. The van der Waals surface area contributed by atoms with Crippen LogP contribution in [0, 0.1) is 6.92 Å². The number of nitrogens with zero attached hydrogens (tertiary/aromatic N) is 4. The van der Waals surface area contributed by atoms with Gasteiger partial charge in [0.15, 0.2) is 0 Å². The Morgan fingerprint density at radius 1 is 1.35 bits per heavy atom. The summed E-state index contributed by atoms with van der Waals surface area (Å²) in [5, 5.41) is 7.90. The summed E-state index contributed by atoms with van der Waals surface area (Å²) in [6, 6.07) is 1.98. The number of ether oxygens (including phenoxy) is 1. The van der Waals surface area contributed by atoms with Crippen molar-refractivity contribution in [3.8, 4) is 5.88 Å². The van der Waals surface area contributed by atoms with E-state index in [1.807, 2.05) is 18.7 Å². The number of aryl methyl sites for hydroxylation is 2. The third-order valence-electron chi connectivity index (χ3n) is 3.09. The molecule has 108 valence electrons. The van der Waals surface area contributed by atoms with Gasteiger partial charge in [0.25, 0.3) is 0 Å². The Morgan fingerprint density at radius 2 is 2.10 bits per heavy atom. The fraction of sp³-hybridized carbons (Fsp3) is 0.500. The lowest BCUT2D eigenvalue weighted by atomic mass is 10.1. The zero-order chi connectivity index (χ0) is 14.5. The van der Waals surface area contributed by atoms with E-state index in [1.54, 1.807) is 19.5 Å². The third kappa shape index (κ3) is 2.96. The molecular weight excluding hydrogens is 254 g/mol. The number of hydrogen-bond acceptors (Lipinski definition) is 5. The van der Waals surface area contributed by atoms with Crippen LogP contribution in [-0.2, 0) is 7.05 Å². The lowest BCUT2D eigenvalue weighted by molar-refractivity contribution is 0.380. The topological polar surface area (TPSA) is 64.9 Å². The molecule has 0 radical (unpaired) electrons. The van der Waals surface area contributed by atoms with E-state index in [9.17, 15) is 0 Å². The van der Waals surface area contributed by atoms with Crippen molar-refractivity contribution in [2.45, 2.75) is 26.3 Å². The highest BCUT2D eigenvalue weighted by molar-refractivity contribution is 5.30. The molecule has 0 aliphatic heterocycles. The van der Waals surface area contributed by atoms with Gasteiger partial charge in [-0.25, -0.2) is 4.98 Å². The van der Waals surface area contributed by atoms with Crippen LogP contribution >= 0.6 is 0 Å². The first-order valence-electron chi connectivity index (χ1n) is 6.76. The average molecular weight is 275 g/mol. The number of hydrogen-bond donors (Lipinski definition) is 1. The molecular formula is C14H21N5O. The Balaban J connectivity index is 2.44. The Labute approximate surface area is 119 Å². The molecule has 6 nitrogen and oxygen atoms in total. The van der Waals surface area contributed by atoms with E-state index >= 15 is 0 Å². The minimum absolute atomic E-state index is 0.0789. The van der Waals surface area contributed by atoms with Crippen LogP contribution in [0.1, 0.15) is 36.5 Å². The Morgan fingerprint density at radius 3 is 2.70 bits per heavy atom. The normalized spacial score (nSPS) is 12.4. The van der Waals surface area contributed by atoms with Crippen LogP contribution < -0.4 is 10.1 Å². The van der Waals surface area contributed by atoms with E-state index in [0.29, 0.717) is 5.88 Å². The zero-order valence-corrected chi connectivity index (χ0v) is 12.4. The lowest BCUT2D eigenvalue weighted by Gasteiger charge is -2.19. The predicted octanol–water partition coefficient (Wildman–Crippen LogP) is 1.62. The van der Waals surface area contributed by atoms with Gasteiger partial charge in [0.1, 0.15) is 5.69 Å². The second kappa shape index (κ2) is 6.47. The monoisotopic (exact) mass is 275 g/mol. The average Bonchev–Trinajstić information content (AvgIpc) is 2.79. The summed E-state index contributed by atoms with van der Waals surface area (Å²) < 4.78 is 7.20. The van der Waals surface area contributed by atoms with Gasteiger partial charge in [0.2, 0.25) is 5.88 Å². The van der Waals surface area contributed by atoms with Crippen LogP contribution in [-0.4, -0.2) is 33.4 Å². The Bertz CT molecular complexity index is 566. The molecule has 0 aliphatic rings. The molecule has 2 aromatic heterocycles. The van der Waals surface area contributed by atoms with Crippen LogP contribution in [0.2, 0.25) is 0 Å².